The summed E-state index contributed by atoms with van der Waals surface area (Å²) in [4.78, 5) is 13.5. The summed E-state index contributed by atoms with van der Waals surface area (Å²) < 4.78 is 24.8. The number of carboxylic acids is 1. The number of piperidine rings is 1. The Hall–Kier alpha value is -1.76. The first-order valence-corrected chi connectivity index (χ1v) is 8.75. The van der Waals surface area contributed by atoms with Gasteiger partial charge in [0.05, 0.1) is 17.5 Å². The van der Waals surface area contributed by atoms with Gasteiger partial charge in [-0.25, -0.2) is 13.2 Å². The molecule has 0 atom stereocenters. The lowest BCUT2D eigenvalue weighted by atomic mass is 9.98. The Morgan fingerprint density at radius 2 is 1.95 bits per heavy atom. The number of benzene rings is 1. The maximum absolute atomic E-state index is 11.4. The molecule has 0 saturated carbocycles. The second-order valence-corrected chi connectivity index (χ2v) is 7.33. The number of carbonyl (C=O) groups is 1. The molecule has 0 aliphatic carbocycles. The van der Waals surface area contributed by atoms with Gasteiger partial charge in [0, 0.05) is 18.8 Å². The van der Waals surface area contributed by atoms with Crippen LogP contribution < -0.4 is 9.62 Å². The molecular weight excluding hydrogens is 292 g/mol. The van der Waals surface area contributed by atoms with Gasteiger partial charge < -0.3 is 10.0 Å². The molecule has 1 saturated heterocycles. The minimum Gasteiger partial charge on any atom is -0.478 e. The largest absolute Gasteiger partial charge is 0.478 e. The number of hydrogen-bond acceptors (Lipinski definition) is 4. The fourth-order valence-electron chi connectivity index (χ4n) is 2.51. The van der Waals surface area contributed by atoms with E-state index in [2.05, 4.69) is 11.6 Å². The van der Waals surface area contributed by atoms with Crippen LogP contribution >= 0.6 is 0 Å². The molecule has 21 heavy (non-hydrogen) atoms. The number of nitrogens with one attached hydrogen (secondary N) is 1. The highest BCUT2D eigenvalue weighted by molar-refractivity contribution is 7.92. The summed E-state index contributed by atoms with van der Waals surface area (Å²) in [5.41, 5.74) is 1.04. The quantitative estimate of drug-likeness (QED) is 0.888. The van der Waals surface area contributed by atoms with Gasteiger partial charge in [0.15, 0.2) is 0 Å². The molecule has 2 N–H and O–H groups in total. The van der Waals surface area contributed by atoms with Crippen LogP contribution in [0.3, 0.4) is 0 Å². The van der Waals surface area contributed by atoms with Crippen LogP contribution in [0.4, 0.5) is 11.4 Å². The number of hydrogen-bond donors (Lipinski definition) is 2. The zero-order valence-electron chi connectivity index (χ0n) is 12.2. The van der Waals surface area contributed by atoms with Crippen molar-refractivity contribution in [3.63, 3.8) is 0 Å². The van der Waals surface area contributed by atoms with Crippen molar-refractivity contribution in [1.29, 1.82) is 0 Å². The zero-order valence-corrected chi connectivity index (χ0v) is 13.0. The number of sulfonamides is 1. The Morgan fingerprint density at radius 3 is 2.48 bits per heavy atom. The molecule has 1 aliphatic heterocycles. The molecule has 2 rings (SSSR count). The molecule has 116 valence electrons. The van der Waals surface area contributed by atoms with Gasteiger partial charge in [-0.05, 0) is 37.0 Å². The first kappa shape index (κ1) is 15.6. The van der Waals surface area contributed by atoms with Gasteiger partial charge in [-0.2, -0.15) is 0 Å². The fraction of sp³-hybridized carbons (Fsp3) is 0.500. The van der Waals surface area contributed by atoms with E-state index in [1.165, 1.54) is 6.07 Å². The Labute approximate surface area is 124 Å². The Balaban J connectivity index is 2.31. The van der Waals surface area contributed by atoms with Gasteiger partial charge in [-0.1, -0.05) is 6.92 Å². The Morgan fingerprint density at radius 1 is 1.33 bits per heavy atom. The number of aromatic carboxylic acids is 1. The minimum absolute atomic E-state index is 0.123. The molecule has 1 aliphatic rings. The van der Waals surface area contributed by atoms with Gasteiger partial charge in [-0.15, -0.1) is 0 Å². The molecule has 1 aromatic rings. The van der Waals surface area contributed by atoms with Crippen molar-refractivity contribution in [2.75, 3.05) is 29.0 Å². The fourth-order valence-corrected chi connectivity index (χ4v) is 3.07. The third kappa shape index (κ3) is 4.10. The predicted octanol–water partition coefficient (Wildman–Crippen LogP) is 1.99. The Bertz CT molecular complexity index is 634. The predicted molar refractivity (Wildman–Crippen MR) is 82.5 cm³/mol. The summed E-state index contributed by atoms with van der Waals surface area (Å²) in [5.74, 6) is -0.401. The summed E-state index contributed by atoms with van der Waals surface area (Å²) in [7, 11) is -3.42. The summed E-state index contributed by atoms with van der Waals surface area (Å²) in [6.07, 6.45) is 3.10. The van der Waals surface area contributed by atoms with Crippen molar-refractivity contribution in [3.8, 4) is 0 Å². The van der Waals surface area contributed by atoms with Crippen LogP contribution in [0, 0.1) is 5.92 Å². The molecule has 0 spiro atoms. The van der Waals surface area contributed by atoms with Crippen LogP contribution in [-0.2, 0) is 10.0 Å². The highest BCUT2D eigenvalue weighted by Crippen LogP contribution is 2.28. The molecule has 0 unspecified atom stereocenters. The van der Waals surface area contributed by atoms with E-state index < -0.39 is 16.0 Å². The third-order valence-corrected chi connectivity index (χ3v) is 4.26. The van der Waals surface area contributed by atoms with E-state index in [-0.39, 0.29) is 11.3 Å². The molecule has 1 aromatic carbocycles. The zero-order chi connectivity index (χ0) is 15.6. The van der Waals surface area contributed by atoms with Crippen LogP contribution in [0.5, 0.6) is 0 Å². The average Bonchev–Trinajstić information content (AvgIpc) is 2.38. The summed E-state index contributed by atoms with van der Waals surface area (Å²) in [6, 6.07) is 4.64. The van der Waals surface area contributed by atoms with E-state index in [9.17, 15) is 18.3 Å². The molecule has 0 radical (unpaired) electrons. The summed E-state index contributed by atoms with van der Waals surface area (Å²) in [6.45, 7) is 3.83. The van der Waals surface area contributed by atoms with E-state index in [0.29, 0.717) is 11.6 Å². The lowest BCUT2D eigenvalue weighted by Gasteiger charge is -2.33. The van der Waals surface area contributed by atoms with E-state index in [0.717, 1.165) is 32.2 Å². The molecular formula is C14H20N2O4S. The Kier molecular flexibility index (Phi) is 4.41. The number of carboxylic acid groups (broad SMARTS) is 1. The number of nitrogens with zero attached hydrogens (tertiary/aromatic N) is 1. The highest BCUT2D eigenvalue weighted by atomic mass is 32.2. The smallest absolute Gasteiger partial charge is 0.337 e. The van der Waals surface area contributed by atoms with Crippen LogP contribution in [0.15, 0.2) is 18.2 Å². The van der Waals surface area contributed by atoms with E-state index >= 15 is 0 Å². The van der Waals surface area contributed by atoms with Gasteiger partial charge in [-0.3, -0.25) is 4.72 Å². The van der Waals surface area contributed by atoms with Gasteiger partial charge in [0.25, 0.3) is 0 Å². The topological polar surface area (TPSA) is 86.7 Å². The van der Waals surface area contributed by atoms with Crippen molar-refractivity contribution in [2.45, 2.75) is 19.8 Å². The number of rotatable bonds is 4. The third-order valence-electron chi connectivity index (χ3n) is 3.65. The second kappa shape index (κ2) is 5.93. The molecule has 1 heterocycles. The molecule has 0 amide bonds. The monoisotopic (exact) mass is 312 g/mol. The van der Waals surface area contributed by atoms with E-state index in [4.69, 9.17) is 0 Å². The van der Waals surface area contributed by atoms with E-state index in [1.807, 2.05) is 4.90 Å². The summed E-state index contributed by atoms with van der Waals surface area (Å²) in [5, 5.41) is 9.37. The lowest BCUT2D eigenvalue weighted by Crippen LogP contribution is -2.33. The first-order valence-electron chi connectivity index (χ1n) is 6.86. The first-order chi connectivity index (χ1) is 9.76. The maximum atomic E-state index is 11.4. The lowest BCUT2D eigenvalue weighted by molar-refractivity contribution is 0.0697. The van der Waals surface area contributed by atoms with Crippen molar-refractivity contribution in [3.05, 3.63) is 23.8 Å². The van der Waals surface area contributed by atoms with Crippen LogP contribution in [-0.4, -0.2) is 38.8 Å². The van der Waals surface area contributed by atoms with Crippen molar-refractivity contribution >= 4 is 27.4 Å². The molecule has 6 nitrogen and oxygen atoms in total. The highest BCUT2D eigenvalue weighted by Gasteiger charge is 2.21. The number of anilines is 2. The van der Waals surface area contributed by atoms with Crippen LogP contribution in [0.25, 0.3) is 0 Å². The molecule has 0 bridgehead atoms. The average molecular weight is 312 g/mol. The normalized spacial score (nSPS) is 16.8. The van der Waals surface area contributed by atoms with Crippen molar-refractivity contribution in [1.82, 2.24) is 0 Å². The van der Waals surface area contributed by atoms with Gasteiger partial charge >= 0.3 is 5.97 Å². The SMILES string of the molecule is CC1CCN(c2ccc(NS(C)(=O)=O)cc2C(=O)O)CC1. The molecule has 7 heteroatoms. The maximum Gasteiger partial charge on any atom is 0.337 e. The second-order valence-electron chi connectivity index (χ2n) is 5.58. The van der Waals surface area contributed by atoms with Gasteiger partial charge in [0.1, 0.15) is 0 Å². The van der Waals surface area contributed by atoms with Crippen LogP contribution in [0.1, 0.15) is 30.1 Å². The van der Waals surface area contributed by atoms with Crippen molar-refractivity contribution < 1.29 is 18.3 Å². The summed E-state index contributed by atoms with van der Waals surface area (Å²) >= 11 is 0. The molecule has 0 aromatic heterocycles. The standard InChI is InChI=1S/C14H20N2O4S/c1-10-5-7-16(8-6-10)13-4-3-11(15-21(2,19)20)9-12(13)14(17)18/h3-4,9-10,15H,5-8H2,1-2H3,(H,17,18). The molecule has 1 fully saturated rings. The van der Waals surface area contributed by atoms with Crippen LogP contribution in [0.2, 0.25) is 0 Å². The minimum atomic E-state index is -3.42. The van der Waals surface area contributed by atoms with Gasteiger partial charge in [0.2, 0.25) is 10.0 Å². The van der Waals surface area contributed by atoms with E-state index in [1.54, 1.807) is 12.1 Å². The van der Waals surface area contributed by atoms with Crippen molar-refractivity contribution in [2.24, 2.45) is 5.92 Å².